The van der Waals surface area contributed by atoms with Gasteiger partial charge in [-0.2, -0.15) is 0 Å². The van der Waals surface area contributed by atoms with Gasteiger partial charge in [-0.15, -0.1) is 0 Å². The van der Waals surface area contributed by atoms with Crippen molar-refractivity contribution in [3.8, 4) is 11.5 Å². The molecule has 0 radical (unpaired) electrons. The standard InChI is InChI=1S/C16H16O3/c17-10-4-7-13-8-9-15(18)16(11-13)19-12-14-5-2-1-3-6-14/h1-9,11,17-18H,10,12H2. The summed E-state index contributed by atoms with van der Waals surface area (Å²) in [6.07, 6.45) is 3.40. The maximum Gasteiger partial charge on any atom is 0.162 e. The monoisotopic (exact) mass is 256 g/mol. The third kappa shape index (κ3) is 3.86. The molecule has 2 aromatic carbocycles. The van der Waals surface area contributed by atoms with E-state index >= 15 is 0 Å². The van der Waals surface area contributed by atoms with Crippen molar-refractivity contribution < 1.29 is 14.9 Å². The molecule has 0 heterocycles. The topological polar surface area (TPSA) is 49.7 Å². The van der Waals surface area contributed by atoms with E-state index in [-0.39, 0.29) is 12.4 Å². The van der Waals surface area contributed by atoms with Gasteiger partial charge >= 0.3 is 0 Å². The van der Waals surface area contributed by atoms with Crippen molar-refractivity contribution in [2.24, 2.45) is 0 Å². The van der Waals surface area contributed by atoms with Crippen LogP contribution < -0.4 is 4.74 Å². The molecular weight excluding hydrogens is 240 g/mol. The fourth-order valence-electron chi connectivity index (χ4n) is 1.67. The Bertz CT molecular complexity index is 547. The van der Waals surface area contributed by atoms with Crippen molar-refractivity contribution in [2.75, 3.05) is 6.61 Å². The largest absolute Gasteiger partial charge is 0.504 e. The van der Waals surface area contributed by atoms with Crippen LogP contribution in [0.4, 0.5) is 0 Å². The fourth-order valence-corrected chi connectivity index (χ4v) is 1.67. The molecule has 3 heteroatoms. The average Bonchev–Trinajstić information content (AvgIpc) is 2.46. The van der Waals surface area contributed by atoms with Gasteiger partial charge in [0.25, 0.3) is 0 Å². The highest BCUT2D eigenvalue weighted by Crippen LogP contribution is 2.28. The van der Waals surface area contributed by atoms with Crippen molar-refractivity contribution in [1.29, 1.82) is 0 Å². The predicted molar refractivity (Wildman–Crippen MR) is 75.0 cm³/mol. The van der Waals surface area contributed by atoms with Gasteiger partial charge in [0.2, 0.25) is 0 Å². The summed E-state index contributed by atoms with van der Waals surface area (Å²) in [5, 5.41) is 18.5. The highest BCUT2D eigenvalue weighted by Gasteiger charge is 2.03. The van der Waals surface area contributed by atoms with Gasteiger partial charge in [-0.1, -0.05) is 48.6 Å². The first kappa shape index (κ1) is 13.2. The summed E-state index contributed by atoms with van der Waals surface area (Å²) in [6, 6.07) is 14.8. The molecule has 0 aliphatic heterocycles. The molecule has 0 aliphatic carbocycles. The number of hydrogen-bond donors (Lipinski definition) is 2. The smallest absolute Gasteiger partial charge is 0.162 e. The Morgan fingerprint density at radius 2 is 1.84 bits per heavy atom. The van der Waals surface area contributed by atoms with Gasteiger partial charge in [0.1, 0.15) is 6.61 Å². The summed E-state index contributed by atoms with van der Waals surface area (Å²) in [4.78, 5) is 0. The normalized spacial score (nSPS) is 10.8. The molecule has 19 heavy (non-hydrogen) atoms. The zero-order valence-electron chi connectivity index (χ0n) is 10.5. The minimum atomic E-state index is -0.0128. The Balaban J connectivity index is 2.09. The molecule has 98 valence electrons. The summed E-state index contributed by atoms with van der Waals surface area (Å²) >= 11 is 0. The molecule has 0 saturated heterocycles. The lowest BCUT2D eigenvalue weighted by Gasteiger charge is -2.09. The molecule has 2 aromatic rings. The van der Waals surface area contributed by atoms with E-state index < -0.39 is 0 Å². The second kappa shape index (κ2) is 6.61. The molecule has 0 fully saturated rings. The van der Waals surface area contributed by atoms with Crippen LogP contribution in [-0.2, 0) is 6.61 Å². The van der Waals surface area contributed by atoms with Gasteiger partial charge in [0, 0.05) is 0 Å². The van der Waals surface area contributed by atoms with Crippen LogP contribution in [0.25, 0.3) is 6.08 Å². The Morgan fingerprint density at radius 3 is 2.58 bits per heavy atom. The molecule has 0 atom stereocenters. The SMILES string of the molecule is OCC=Cc1ccc(O)c(OCc2ccccc2)c1. The molecule has 2 rings (SSSR count). The first-order valence-corrected chi connectivity index (χ1v) is 6.07. The minimum Gasteiger partial charge on any atom is -0.504 e. The number of rotatable bonds is 5. The highest BCUT2D eigenvalue weighted by molar-refractivity contribution is 5.55. The van der Waals surface area contributed by atoms with Crippen molar-refractivity contribution in [1.82, 2.24) is 0 Å². The number of phenolic OH excluding ortho intramolecular Hbond substituents is 1. The molecule has 0 aliphatic rings. The second-order valence-corrected chi connectivity index (χ2v) is 4.09. The van der Waals surface area contributed by atoms with Crippen LogP contribution in [0.2, 0.25) is 0 Å². The zero-order chi connectivity index (χ0) is 13.5. The van der Waals surface area contributed by atoms with Gasteiger partial charge in [-0.05, 0) is 23.3 Å². The highest BCUT2D eigenvalue weighted by atomic mass is 16.5. The number of benzene rings is 2. The fraction of sp³-hybridized carbons (Fsp3) is 0.125. The number of phenols is 1. The Hall–Kier alpha value is -2.26. The van der Waals surface area contributed by atoms with Crippen molar-refractivity contribution in [3.63, 3.8) is 0 Å². The number of hydrogen-bond acceptors (Lipinski definition) is 3. The van der Waals surface area contributed by atoms with Crippen LogP contribution in [0.3, 0.4) is 0 Å². The van der Waals surface area contributed by atoms with Gasteiger partial charge in [0.15, 0.2) is 11.5 Å². The zero-order valence-corrected chi connectivity index (χ0v) is 10.5. The van der Waals surface area contributed by atoms with Gasteiger partial charge < -0.3 is 14.9 Å². The molecule has 0 unspecified atom stereocenters. The Morgan fingerprint density at radius 1 is 1.05 bits per heavy atom. The molecule has 0 spiro atoms. The molecule has 0 aromatic heterocycles. The Labute approximate surface area is 112 Å². The minimum absolute atomic E-state index is 0.0128. The van der Waals surface area contributed by atoms with E-state index in [1.807, 2.05) is 30.3 Å². The van der Waals surface area contributed by atoms with E-state index in [1.165, 1.54) is 0 Å². The van der Waals surface area contributed by atoms with Crippen LogP contribution in [0.1, 0.15) is 11.1 Å². The van der Waals surface area contributed by atoms with Crippen LogP contribution >= 0.6 is 0 Å². The van der Waals surface area contributed by atoms with Gasteiger partial charge in [0.05, 0.1) is 6.61 Å². The van der Waals surface area contributed by atoms with Gasteiger partial charge in [-0.3, -0.25) is 0 Å². The van der Waals surface area contributed by atoms with E-state index in [0.717, 1.165) is 11.1 Å². The quantitative estimate of drug-likeness (QED) is 0.864. The first-order valence-electron chi connectivity index (χ1n) is 6.07. The molecule has 0 bridgehead atoms. The van der Waals surface area contributed by atoms with Crippen molar-refractivity contribution in [3.05, 3.63) is 65.7 Å². The summed E-state index contributed by atoms with van der Waals surface area (Å²) in [6.45, 7) is 0.392. The third-order valence-electron chi connectivity index (χ3n) is 2.64. The van der Waals surface area contributed by atoms with E-state index in [1.54, 1.807) is 30.4 Å². The van der Waals surface area contributed by atoms with Crippen LogP contribution in [0.5, 0.6) is 11.5 Å². The first-order chi connectivity index (χ1) is 9.29. The number of aliphatic hydroxyl groups excluding tert-OH is 1. The lowest BCUT2D eigenvalue weighted by Crippen LogP contribution is -1.95. The molecule has 0 amide bonds. The van der Waals surface area contributed by atoms with E-state index in [2.05, 4.69) is 0 Å². The molecule has 3 nitrogen and oxygen atoms in total. The Kier molecular flexibility index (Phi) is 4.59. The number of aromatic hydroxyl groups is 1. The number of ether oxygens (including phenoxy) is 1. The summed E-state index contributed by atoms with van der Waals surface area (Å²) < 4.78 is 5.60. The maximum atomic E-state index is 9.74. The summed E-state index contributed by atoms with van der Waals surface area (Å²) in [5.41, 5.74) is 1.91. The summed E-state index contributed by atoms with van der Waals surface area (Å²) in [7, 11) is 0. The van der Waals surface area contributed by atoms with E-state index in [0.29, 0.717) is 12.4 Å². The second-order valence-electron chi connectivity index (χ2n) is 4.09. The lowest BCUT2D eigenvalue weighted by atomic mass is 10.2. The average molecular weight is 256 g/mol. The molecule has 0 saturated carbocycles. The van der Waals surface area contributed by atoms with Crippen molar-refractivity contribution >= 4 is 6.08 Å². The van der Waals surface area contributed by atoms with E-state index in [4.69, 9.17) is 9.84 Å². The van der Waals surface area contributed by atoms with Gasteiger partial charge in [-0.25, -0.2) is 0 Å². The summed E-state index contributed by atoms with van der Waals surface area (Å²) in [5.74, 6) is 0.543. The van der Waals surface area contributed by atoms with Crippen molar-refractivity contribution in [2.45, 2.75) is 6.61 Å². The maximum absolute atomic E-state index is 9.74. The van der Waals surface area contributed by atoms with Crippen LogP contribution in [0.15, 0.2) is 54.6 Å². The molecule has 2 N–H and O–H groups in total. The third-order valence-corrected chi connectivity index (χ3v) is 2.64. The van der Waals surface area contributed by atoms with Crippen LogP contribution in [-0.4, -0.2) is 16.8 Å². The lowest BCUT2D eigenvalue weighted by molar-refractivity contribution is 0.289. The number of aliphatic hydroxyl groups is 1. The molecular formula is C16H16O3. The van der Waals surface area contributed by atoms with Crippen LogP contribution in [0, 0.1) is 0 Å². The predicted octanol–water partition coefficient (Wildman–Crippen LogP) is 2.98. The van der Waals surface area contributed by atoms with E-state index in [9.17, 15) is 5.11 Å².